The summed E-state index contributed by atoms with van der Waals surface area (Å²) in [5, 5.41) is 8.00. The molecule has 0 bridgehead atoms. The molecule has 1 aromatic carbocycles. The van der Waals surface area contributed by atoms with Crippen LogP contribution in [0.15, 0.2) is 23.4 Å². The molecular weight excluding hydrogens is 337 g/mol. The van der Waals surface area contributed by atoms with Crippen molar-refractivity contribution in [1.82, 2.24) is 10.2 Å². The number of nitrogens with one attached hydrogen (secondary N) is 1. The number of rotatable bonds is 5. The molecule has 0 spiro atoms. The van der Waals surface area contributed by atoms with Crippen LogP contribution in [0.1, 0.15) is 32.8 Å². The normalized spacial score (nSPS) is 17.0. The van der Waals surface area contributed by atoms with Crippen LogP contribution in [0.4, 0.5) is 4.79 Å². The molecule has 5 nitrogen and oxygen atoms in total. The van der Waals surface area contributed by atoms with Gasteiger partial charge < -0.3 is 15.1 Å². The molecule has 0 aromatic heterocycles. The maximum Gasteiger partial charge on any atom is 0.317 e. The van der Waals surface area contributed by atoms with Crippen LogP contribution >= 0.6 is 23.2 Å². The Morgan fingerprint density at radius 3 is 2.78 bits per heavy atom. The van der Waals surface area contributed by atoms with Gasteiger partial charge in [-0.25, -0.2) is 4.79 Å². The van der Waals surface area contributed by atoms with E-state index in [2.05, 4.69) is 10.5 Å². The fraction of sp³-hybridized carbons (Fsp3) is 0.500. The zero-order valence-electron chi connectivity index (χ0n) is 13.5. The summed E-state index contributed by atoms with van der Waals surface area (Å²) in [6.07, 6.45) is 0.473. The number of carbonyl (C=O) groups is 1. The molecule has 126 valence electrons. The second-order valence-electron chi connectivity index (χ2n) is 5.74. The molecule has 1 aromatic rings. The van der Waals surface area contributed by atoms with Gasteiger partial charge in [-0.15, -0.1) is 0 Å². The minimum atomic E-state index is -0.155. The lowest BCUT2D eigenvalue weighted by Gasteiger charge is -2.24. The second kappa shape index (κ2) is 7.88. The summed E-state index contributed by atoms with van der Waals surface area (Å²) in [4.78, 5) is 19.3. The molecule has 1 aliphatic rings. The van der Waals surface area contributed by atoms with E-state index in [1.807, 2.05) is 26.8 Å². The highest BCUT2D eigenvalue weighted by Crippen LogP contribution is 2.25. The molecule has 1 heterocycles. The van der Waals surface area contributed by atoms with E-state index in [1.165, 1.54) is 0 Å². The lowest BCUT2D eigenvalue weighted by atomic mass is 10.0. The van der Waals surface area contributed by atoms with Crippen molar-refractivity contribution >= 4 is 34.9 Å². The molecule has 1 N–H and O–H groups in total. The van der Waals surface area contributed by atoms with E-state index in [4.69, 9.17) is 28.0 Å². The first-order valence-electron chi connectivity index (χ1n) is 7.64. The molecule has 7 heteroatoms. The third-order valence-electron chi connectivity index (χ3n) is 3.49. The van der Waals surface area contributed by atoms with Crippen LogP contribution in [-0.2, 0) is 4.84 Å². The molecule has 0 fully saturated rings. The number of oxime groups is 1. The number of amides is 2. The minimum absolute atomic E-state index is 0.0888. The monoisotopic (exact) mass is 357 g/mol. The molecule has 0 aliphatic carbocycles. The van der Waals surface area contributed by atoms with E-state index in [1.54, 1.807) is 17.0 Å². The molecular formula is C16H21Cl2N3O2. The van der Waals surface area contributed by atoms with E-state index in [0.29, 0.717) is 29.6 Å². The standard InChI is InChI=1S/C16H21Cl2N3O2/c1-4-21(16(22)19-10(2)3)9-12-8-15(20-23-12)11-5-6-13(17)14(18)7-11/h5-7,10,12H,4,8-9H2,1-3H3,(H,19,22)/t12-/m0/s1. The predicted molar refractivity (Wildman–Crippen MR) is 93.4 cm³/mol. The number of hydrogen-bond donors (Lipinski definition) is 1. The third-order valence-corrected chi connectivity index (χ3v) is 4.23. The van der Waals surface area contributed by atoms with Crippen LogP contribution < -0.4 is 5.32 Å². The van der Waals surface area contributed by atoms with Crippen molar-refractivity contribution in [2.24, 2.45) is 5.16 Å². The Morgan fingerprint density at radius 2 is 2.17 bits per heavy atom. The molecule has 1 atom stereocenters. The van der Waals surface area contributed by atoms with Crippen molar-refractivity contribution in [3.8, 4) is 0 Å². The van der Waals surface area contributed by atoms with Crippen molar-refractivity contribution in [2.45, 2.75) is 39.3 Å². The molecule has 2 amide bonds. The van der Waals surface area contributed by atoms with Crippen LogP contribution in [0.5, 0.6) is 0 Å². The maximum atomic E-state index is 12.1. The number of nitrogens with zero attached hydrogens (tertiary/aromatic N) is 2. The molecule has 23 heavy (non-hydrogen) atoms. The fourth-order valence-electron chi connectivity index (χ4n) is 2.31. The average Bonchev–Trinajstić information content (AvgIpc) is 2.95. The minimum Gasteiger partial charge on any atom is -0.390 e. The highest BCUT2D eigenvalue weighted by Gasteiger charge is 2.26. The second-order valence-corrected chi connectivity index (χ2v) is 6.56. The third kappa shape index (κ3) is 4.75. The summed E-state index contributed by atoms with van der Waals surface area (Å²) in [6, 6.07) is 5.39. The van der Waals surface area contributed by atoms with Gasteiger partial charge >= 0.3 is 6.03 Å². The van der Waals surface area contributed by atoms with Gasteiger partial charge in [0.25, 0.3) is 0 Å². The Hall–Kier alpha value is -1.46. The van der Waals surface area contributed by atoms with Gasteiger partial charge in [-0.05, 0) is 32.9 Å². The van der Waals surface area contributed by atoms with Gasteiger partial charge in [-0.3, -0.25) is 0 Å². The van der Waals surface area contributed by atoms with Crippen LogP contribution in [0.3, 0.4) is 0 Å². The predicted octanol–water partition coefficient (Wildman–Crippen LogP) is 3.93. The molecule has 0 unspecified atom stereocenters. The summed E-state index contributed by atoms with van der Waals surface area (Å²) in [5.74, 6) is 0. The van der Waals surface area contributed by atoms with E-state index in [0.717, 1.165) is 11.3 Å². The number of hydrogen-bond acceptors (Lipinski definition) is 3. The number of urea groups is 1. The van der Waals surface area contributed by atoms with Gasteiger partial charge in [0.15, 0.2) is 6.10 Å². The summed E-state index contributed by atoms with van der Waals surface area (Å²) >= 11 is 12.0. The molecule has 2 rings (SSSR count). The lowest BCUT2D eigenvalue weighted by molar-refractivity contribution is 0.0614. The number of carbonyl (C=O) groups excluding carboxylic acids is 1. The van der Waals surface area contributed by atoms with Gasteiger partial charge in [0.1, 0.15) is 0 Å². The Bertz CT molecular complexity index is 605. The van der Waals surface area contributed by atoms with Crippen LogP contribution in [0, 0.1) is 0 Å². The summed E-state index contributed by atoms with van der Waals surface area (Å²) < 4.78 is 0. The summed E-state index contributed by atoms with van der Waals surface area (Å²) in [7, 11) is 0. The van der Waals surface area contributed by atoms with E-state index in [-0.39, 0.29) is 18.2 Å². The van der Waals surface area contributed by atoms with E-state index >= 15 is 0 Å². The van der Waals surface area contributed by atoms with Crippen LogP contribution in [-0.4, -0.2) is 41.9 Å². The van der Waals surface area contributed by atoms with Gasteiger partial charge in [-0.1, -0.05) is 34.4 Å². The maximum absolute atomic E-state index is 12.1. The van der Waals surface area contributed by atoms with Crippen molar-refractivity contribution < 1.29 is 9.63 Å². The first-order valence-corrected chi connectivity index (χ1v) is 8.39. The molecule has 0 radical (unpaired) electrons. The van der Waals surface area contributed by atoms with E-state index in [9.17, 15) is 4.79 Å². The zero-order valence-corrected chi connectivity index (χ0v) is 15.0. The SMILES string of the molecule is CCN(C[C@@H]1CC(c2ccc(Cl)c(Cl)c2)=NO1)C(=O)NC(C)C. The van der Waals surface area contributed by atoms with Crippen LogP contribution in [0.25, 0.3) is 0 Å². The highest BCUT2D eigenvalue weighted by atomic mass is 35.5. The average molecular weight is 358 g/mol. The molecule has 0 saturated heterocycles. The Labute approximate surface area is 146 Å². The van der Waals surface area contributed by atoms with Crippen LogP contribution in [0.2, 0.25) is 10.0 Å². The zero-order chi connectivity index (χ0) is 17.0. The number of halogens is 2. The Kier molecular flexibility index (Phi) is 6.13. The van der Waals surface area contributed by atoms with Gasteiger partial charge in [0, 0.05) is 24.6 Å². The molecule has 0 saturated carbocycles. The van der Waals surface area contributed by atoms with Crippen molar-refractivity contribution in [3.63, 3.8) is 0 Å². The van der Waals surface area contributed by atoms with Gasteiger partial charge in [0.2, 0.25) is 0 Å². The summed E-state index contributed by atoms with van der Waals surface area (Å²) in [5.41, 5.74) is 1.70. The summed E-state index contributed by atoms with van der Waals surface area (Å²) in [6.45, 7) is 6.91. The van der Waals surface area contributed by atoms with Crippen molar-refractivity contribution in [3.05, 3.63) is 33.8 Å². The lowest BCUT2D eigenvalue weighted by Crippen LogP contribution is -2.45. The number of likely N-dealkylation sites (N-methyl/N-ethyl adjacent to an activating group) is 1. The highest BCUT2D eigenvalue weighted by molar-refractivity contribution is 6.42. The van der Waals surface area contributed by atoms with Gasteiger partial charge in [-0.2, -0.15) is 0 Å². The van der Waals surface area contributed by atoms with Gasteiger partial charge in [0.05, 0.1) is 22.3 Å². The number of benzene rings is 1. The quantitative estimate of drug-likeness (QED) is 0.867. The topological polar surface area (TPSA) is 53.9 Å². The van der Waals surface area contributed by atoms with Crippen molar-refractivity contribution in [1.29, 1.82) is 0 Å². The Balaban J connectivity index is 1.95. The van der Waals surface area contributed by atoms with E-state index < -0.39 is 0 Å². The Morgan fingerprint density at radius 1 is 1.43 bits per heavy atom. The molecule has 1 aliphatic heterocycles. The largest absolute Gasteiger partial charge is 0.390 e. The van der Waals surface area contributed by atoms with Crippen molar-refractivity contribution in [2.75, 3.05) is 13.1 Å². The first kappa shape index (κ1) is 17.9. The smallest absolute Gasteiger partial charge is 0.317 e. The first-order chi connectivity index (χ1) is 10.9. The fourth-order valence-corrected chi connectivity index (χ4v) is 2.61.